The van der Waals surface area contributed by atoms with E-state index in [4.69, 9.17) is 9.84 Å². The summed E-state index contributed by atoms with van der Waals surface area (Å²) in [6.07, 6.45) is 2.60. The van der Waals surface area contributed by atoms with Gasteiger partial charge in [0.25, 0.3) is 0 Å². The molecule has 0 aliphatic heterocycles. The summed E-state index contributed by atoms with van der Waals surface area (Å²) in [4.78, 5) is 24.6. The van der Waals surface area contributed by atoms with Crippen LogP contribution in [0.1, 0.15) is 25.7 Å². The Bertz CT molecular complexity index is 539. The smallest absolute Gasteiger partial charge is 0.406 e. The van der Waals surface area contributed by atoms with Crippen molar-refractivity contribution in [2.75, 3.05) is 6.61 Å². The maximum absolute atomic E-state index is 10.9. The van der Waals surface area contributed by atoms with Crippen LogP contribution in [0.3, 0.4) is 0 Å². The summed E-state index contributed by atoms with van der Waals surface area (Å²) in [7, 11) is 0. The molecule has 8 nitrogen and oxygen atoms in total. The first-order chi connectivity index (χ1) is 9.91. The predicted molar refractivity (Wildman–Crippen MR) is 70.9 cm³/mol. The molecule has 8 heteroatoms. The molecule has 0 amide bonds. The van der Waals surface area contributed by atoms with Gasteiger partial charge in [0.1, 0.15) is 12.8 Å². The molecule has 21 heavy (non-hydrogen) atoms. The molecule has 1 aliphatic carbocycles. The van der Waals surface area contributed by atoms with Crippen molar-refractivity contribution < 1.29 is 24.7 Å². The molecule has 114 valence electrons. The first kappa shape index (κ1) is 15.2. The molecule has 1 saturated carbocycles. The van der Waals surface area contributed by atoms with E-state index >= 15 is 0 Å². The van der Waals surface area contributed by atoms with E-state index in [1.165, 1.54) is 18.3 Å². The van der Waals surface area contributed by atoms with Gasteiger partial charge >= 0.3 is 11.8 Å². The van der Waals surface area contributed by atoms with Crippen molar-refractivity contribution in [1.82, 2.24) is 4.98 Å². The molecule has 1 fully saturated rings. The van der Waals surface area contributed by atoms with E-state index in [1.54, 1.807) is 0 Å². The van der Waals surface area contributed by atoms with Crippen LogP contribution in [-0.4, -0.2) is 38.3 Å². The molecule has 1 aliphatic rings. The van der Waals surface area contributed by atoms with Crippen LogP contribution in [0.25, 0.3) is 0 Å². The average Bonchev–Trinajstić information content (AvgIpc) is 2.46. The Morgan fingerprint density at radius 2 is 2.19 bits per heavy atom. The largest absolute Gasteiger partial charge is 0.483 e. The number of hydrogen-bond donors (Lipinski definition) is 2. The Balaban J connectivity index is 1.97. The van der Waals surface area contributed by atoms with Crippen LogP contribution in [0.2, 0.25) is 0 Å². The average molecular weight is 296 g/mol. The van der Waals surface area contributed by atoms with Gasteiger partial charge in [0, 0.05) is 0 Å². The van der Waals surface area contributed by atoms with Gasteiger partial charge in [-0.1, -0.05) is 0 Å². The van der Waals surface area contributed by atoms with E-state index in [0.29, 0.717) is 12.8 Å². The molecule has 0 radical (unpaired) electrons. The van der Waals surface area contributed by atoms with Gasteiger partial charge < -0.3 is 25.1 Å². The van der Waals surface area contributed by atoms with Gasteiger partial charge in [-0.3, -0.25) is 4.79 Å². The Kier molecular flexibility index (Phi) is 4.37. The summed E-state index contributed by atoms with van der Waals surface area (Å²) in [5, 5.41) is 30.1. The van der Waals surface area contributed by atoms with Gasteiger partial charge in [0.15, 0.2) is 0 Å². The highest BCUT2D eigenvalue weighted by atomic mass is 16.6. The SMILES string of the molecule is O=C(O)C1CCC(O)(COc2cccnc2[N+](=O)[O-])CC1. The lowest BCUT2D eigenvalue weighted by molar-refractivity contribution is -0.390. The van der Waals surface area contributed by atoms with E-state index in [0.717, 1.165) is 0 Å². The minimum absolute atomic E-state index is 0.00344. The monoisotopic (exact) mass is 296 g/mol. The second-order valence-electron chi connectivity index (χ2n) is 5.21. The third kappa shape index (κ3) is 3.66. The fourth-order valence-corrected chi connectivity index (χ4v) is 2.39. The van der Waals surface area contributed by atoms with Crippen LogP contribution in [0, 0.1) is 16.0 Å². The first-order valence-electron chi connectivity index (χ1n) is 6.59. The number of aliphatic carboxylic acids is 1. The summed E-state index contributed by atoms with van der Waals surface area (Å²) < 4.78 is 5.34. The molecule has 0 saturated heterocycles. The Hall–Kier alpha value is -2.22. The molecule has 0 spiro atoms. The lowest BCUT2D eigenvalue weighted by atomic mass is 9.79. The minimum atomic E-state index is -1.16. The second-order valence-corrected chi connectivity index (χ2v) is 5.21. The normalized spacial score (nSPS) is 25.3. The van der Waals surface area contributed by atoms with Crippen LogP contribution in [0.4, 0.5) is 5.82 Å². The molecular formula is C13H16N2O6. The van der Waals surface area contributed by atoms with Gasteiger partial charge in [0.2, 0.25) is 5.75 Å². The maximum Gasteiger partial charge on any atom is 0.406 e. The van der Waals surface area contributed by atoms with Crippen LogP contribution < -0.4 is 4.74 Å². The molecule has 0 aromatic carbocycles. The lowest BCUT2D eigenvalue weighted by Crippen LogP contribution is -2.41. The summed E-state index contributed by atoms with van der Waals surface area (Å²) >= 11 is 0. The van der Waals surface area contributed by atoms with Crippen molar-refractivity contribution in [1.29, 1.82) is 0 Å². The van der Waals surface area contributed by atoms with Crippen LogP contribution in [-0.2, 0) is 4.79 Å². The summed E-state index contributed by atoms with van der Waals surface area (Å²) in [5.41, 5.74) is -1.16. The minimum Gasteiger partial charge on any atom is -0.483 e. The van der Waals surface area contributed by atoms with Crippen molar-refractivity contribution in [3.05, 3.63) is 28.4 Å². The number of carboxylic acids is 1. The molecule has 0 atom stereocenters. The number of aliphatic hydroxyl groups is 1. The number of carbonyl (C=O) groups is 1. The lowest BCUT2D eigenvalue weighted by Gasteiger charge is -2.34. The van der Waals surface area contributed by atoms with Gasteiger partial charge in [-0.2, -0.15) is 0 Å². The van der Waals surface area contributed by atoms with E-state index in [2.05, 4.69) is 4.98 Å². The van der Waals surface area contributed by atoms with Gasteiger partial charge in [-0.05, 0) is 47.7 Å². The predicted octanol–water partition coefficient (Wildman–Crippen LogP) is 1.37. The van der Waals surface area contributed by atoms with Gasteiger partial charge in [-0.25, -0.2) is 0 Å². The number of pyridine rings is 1. The molecule has 1 aromatic heterocycles. The number of nitro groups is 1. The van der Waals surface area contributed by atoms with Crippen LogP contribution in [0.15, 0.2) is 18.3 Å². The first-order valence-corrected chi connectivity index (χ1v) is 6.59. The van der Waals surface area contributed by atoms with Crippen LogP contribution in [0.5, 0.6) is 5.75 Å². The summed E-state index contributed by atoms with van der Waals surface area (Å²) in [6, 6.07) is 2.92. The van der Waals surface area contributed by atoms with Crippen LogP contribution >= 0.6 is 0 Å². The Labute approximate surface area is 120 Å². The van der Waals surface area contributed by atoms with E-state index in [1.807, 2.05) is 0 Å². The summed E-state index contributed by atoms with van der Waals surface area (Å²) in [5.74, 6) is -1.71. The highest BCUT2D eigenvalue weighted by Gasteiger charge is 2.37. The van der Waals surface area contributed by atoms with Crippen molar-refractivity contribution in [2.24, 2.45) is 5.92 Å². The topological polar surface area (TPSA) is 123 Å². The van der Waals surface area contributed by atoms with E-state index in [9.17, 15) is 20.0 Å². The van der Waals surface area contributed by atoms with E-state index < -0.39 is 28.2 Å². The zero-order valence-electron chi connectivity index (χ0n) is 11.3. The number of rotatable bonds is 5. The standard InChI is InChI=1S/C13H16N2O6/c16-12(17)9-3-5-13(18,6-4-9)8-21-10-2-1-7-14-11(10)15(19)20/h1-2,7,9,18H,3-6,8H2,(H,16,17). The quantitative estimate of drug-likeness (QED) is 0.621. The third-order valence-electron chi connectivity index (χ3n) is 3.69. The number of ether oxygens (including phenoxy) is 1. The molecule has 1 heterocycles. The molecule has 0 unspecified atom stereocenters. The summed E-state index contributed by atoms with van der Waals surface area (Å²) in [6.45, 7) is -0.119. The number of aromatic nitrogens is 1. The van der Waals surface area contributed by atoms with Crippen molar-refractivity contribution >= 4 is 11.8 Å². The third-order valence-corrected chi connectivity index (χ3v) is 3.69. The van der Waals surface area contributed by atoms with Gasteiger partial charge in [0.05, 0.1) is 11.5 Å². The second kappa shape index (κ2) is 6.04. The number of carboxylic acid groups (broad SMARTS) is 1. The van der Waals surface area contributed by atoms with Gasteiger partial charge in [-0.15, -0.1) is 0 Å². The molecule has 0 bridgehead atoms. The van der Waals surface area contributed by atoms with Crippen molar-refractivity contribution in [3.8, 4) is 5.75 Å². The molecular weight excluding hydrogens is 280 g/mol. The maximum atomic E-state index is 10.9. The molecule has 2 N–H and O–H groups in total. The van der Waals surface area contributed by atoms with Crippen molar-refractivity contribution in [2.45, 2.75) is 31.3 Å². The highest BCUT2D eigenvalue weighted by Crippen LogP contribution is 2.33. The highest BCUT2D eigenvalue weighted by molar-refractivity contribution is 5.70. The number of nitrogens with zero attached hydrogens (tertiary/aromatic N) is 2. The Morgan fingerprint density at radius 1 is 1.52 bits per heavy atom. The fraction of sp³-hybridized carbons (Fsp3) is 0.538. The number of hydrogen-bond acceptors (Lipinski definition) is 6. The molecule has 1 aromatic rings. The van der Waals surface area contributed by atoms with E-state index in [-0.39, 0.29) is 25.2 Å². The zero-order chi connectivity index (χ0) is 15.5. The Morgan fingerprint density at radius 3 is 2.76 bits per heavy atom. The zero-order valence-corrected chi connectivity index (χ0v) is 11.3. The van der Waals surface area contributed by atoms with Crippen molar-refractivity contribution in [3.63, 3.8) is 0 Å². The fourth-order valence-electron chi connectivity index (χ4n) is 2.39. The molecule has 2 rings (SSSR count).